The molecule has 0 fully saturated rings. The average Bonchev–Trinajstić information content (AvgIpc) is 2.76. The molecule has 4 rings (SSSR count). The van der Waals surface area contributed by atoms with E-state index in [9.17, 15) is 0 Å². The predicted molar refractivity (Wildman–Crippen MR) is 110 cm³/mol. The Hall–Kier alpha value is -3.79. The molecule has 1 aromatic carbocycles. The van der Waals surface area contributed by atoms with Gasteiger partial charge in [0, 0.05) is 30.5 Å². The second-order valence-electron chi connectivity index (χ2n) is 5.92. The third-order valence-corrected chi connectivity index (χ3v) is 4.08. The Morgan fingerprint density at radius 1 is 0.556 bits per heavy atom. The third-order valence-electron chi connectivity index (χ3n) is 4.08. The maximum Gasteiger partial charge on any atom is 0.138 e. The number of nitrogens with zero attached hydrogens (tertiary/aromatic N) is 4. The zero-order chi connectivity index (χ0) is 18.3. The van der Waals surface area contributed by atoms with Gasteiger partial charge in [0.15, 0.2) is 0 Å². The largest absolute Gasteiger partial charge is 0.279 e. The van der Waals surface area contributed by atoms with Gasteiger partial charge in [-0.2, -0.15) is 0 Å². The lowest BCUT2D eigenvalue weighted by Gasteiger charge is -2.22. The molecule has 0 bridgehead atoms. The average molecular weight is 350 g/mol. The lowest BCUT2D eigenvalue weighted by atomic mass is 10.1. The minimum absolute atomic E-state index is 0.830. The fraction of sp³-hybridized carbons (Fsp3) is 0. The van der Waals surface area contributed by atoms with Crippen LogP contribution in [0.15, 0.2) is 97.6 Å². The van der Waals surface area contributed by atoms with E-state index in [1.54, 1.807) is 24.8 Å². The van der Waals surface area contributed by atoms with E-state index in [4.69, 9.17) is 0 Å². The minimum Gasteiger partial charge on any atom is -0.279 e. The molecule has 0 spiro atoms. The Labute approximate surface area is 158 Å². The highest BCUT2D eigenvalue weighted by atomic mass is 15.2. The number of benzene rings is 1. The highest BCUT2D eigenvalue weighted by Crippen LogP contribution is 2.31. The van der Waals surface area contributed by atoms with Crippen molar-refractivity contribution in [3.05, 3.63) is 109 Å². The lowest BCUT2D eigenvalue weighted by molar-refractivity contribution is 1.12. The summed E-state index contributed by atoms with van der Waals surface area (Å²) >= 11 is 0. The van der Waals surface area contributed by atoms with Crippen molar-refractivity contribution in [2.75, 3.05) is 4.90 Å². The summed E-state index contributed by atoms with van der Waals surface area (Å²) in [6.45, 7) is 0. The van der Waals surface area contributed by atoms with Crippen LogP contribution < -0.4 is 4.90 Å². The molecule has 0 aliphatic heterocycles. The van der Waals surface area contributed by atoms with Gasteiger partial charge >= 0.3 is 0 Å². The molecule has 0 saturated heterocycles. The van der Waals surface area contributed by atoms with Crippen LogP contribution in [-0.2, 0) is 0 Å². The van der Waals surface area contributed by atoms with Gasteiger partial charge in [0.05, 0.1) is 0 Å². The van der Waals surface area contributed by atoms with Gasteiger partial charge in [-0.3, -0.25) is 9.88 Å². The Morgan fingerprint density at radius 2 is 1.11 bits per heavy atom. The Bertz CT molecular complexity index is 959. The molecule has 0 atom stereocenters. The van der Waals surface area contributed by atoms with E-state index in [0.29, 0.717) is 0 Å². The van der Waals surface area contributed by atoms with E-state index in [-0.39, 0.29) is 0 Å². The van der Waals surface area contributed by atoms with Crippen LogP contribution in [-0.4, -0.2) is 15.0 Å². The molecule has 27 heavy (non-hydrogen) atoms. The van der Waals surface area contributed by atoms with Crippen molar-refractivity contribution in [3.8, 4) is 0 Å². The summed E-state index contributed by atoms with van der Waals surface area (Å²) < 4.78 is 0. The molecule has 0 saturated carbocycles. The minimum atomic E-state index is 0.830. The summed E-state index contributed by atoms with van der Waals surface area (Å²) in [5.74, 6) is 1.66. The van der Waals surface area contributed by atoms with Gasteiger partial charge < -0.3 is 0 Å². The zero-order valence-electron chi connectivity index (χ0n) is 14.7. The first kappa shape index (κ1) is 16.7. The molecule has 0 aliphatic rings. The van der Waals surface area contributed by atoms with Gasteiger partial charge in [0.2, 0.25) is 0 Å². The van der Waals surface area contributed by atoms with Crippen molar-refractivity contribution >= 4 is 29.5 Å². The maximum absolute atomic E-state index is 4.50. The number of anilines is 3. The molecular formula is C23H18N4. The van der Waals surface area contributed by atoms with Crippen molar-refractivity contribution in [2.24, 2.45) is 0 Å². The molecule has 0 radical (unpaired) electrons. The highest BCUT2D eigenvalue weighted by molar-refractivity contribution is 5.74. The molecule has 0 N–H and O–H groups in total. The normalized spacial score (nSPS) is 10.8. The fourth-order valence-electron chi connectivity index (χ4n) is 2.76. The maximum atomic E-state index is 4.50. The molecule has 3 heterocycles. The summed E-state index contributed by atoms with van der Waals surface area (Å²) in [4.78, 5) is 15.1. The van der Waals surface area contributed by atoms with E-state index < -0.39 is 0 Å². The summed E-state index contributed by atoms with van der Waals surface area (Å²) in [6.07, 6.45) is 11.3. The number of pyridine rings is 3. The van der Waals surface area contributed by atoms with Crippen molar-refractivity contribution in [1.29, 1.82) is 0 Å². The third kappa shape index (κ3) is 4.07. The van der Waals surface area contributed by atoms with Crippen LogP contribution in [0.3, 0.4) is 0 Å². The second kappa shape index (κ2) is 8.06. The summed E-state index contributed by atoms with van der Waals surface area (Å²) in [6, 6.07) is 24.0. The molecule has 130 valence electrons. The van der Waals surface area contributed by atoms with Crippen molar-refractivity contribution < 1.29 is 0 Å². The Balaban J connectivity index is 1.64. The predicted octanol–water partition coefficient (Wildman–Crippen LogP) is 5.51. The summed E-state index contributed by atoms with van der Waals surface area (Å²) in [5.41, 5.74) is 3.25. The molecule has 4 aromatic rings. The molecule has 0 amide bonds. The van der Waals surface area contributed by atoms with Crippen LogP contribution in [0.5, 0.6) is 0 Å². The first-order valence-corrected chi connectivity index (χ1v) is 8.70. The van der Waals surface area contributed by atoms with Gasteiger partial charge in [0.25, 0.3) is 0 Å². The topological polar surface area (TPSA) is 41.9 Å². The lowest BCUT2D eigenvalue weighted by Crippen LogP contribution is -2.12. The van der Waals surface area contributed by atoms with E-state index >= 15 is 0 Å². The highest BCUT2D eigenvalue weighted by Gasteiger charge is 2.13. The van der Waals surface area contributed by atoms with Crippen LogP contribution in [0.1, 0.15) is 11.1 Å². The number of hydrogen-bond donors (Lipinski definition) is 0. The van der Waals surface area contributed by atoms with Crippen molar-refractivity contribution in [2.45, 2.75) is 0 Å². The van der Waals surface area contributed by atoms with E-state index in [1.165, 1.54) is 0 Å². The molecule has 4 nitrogen and oxygen atoms in total. The molecule has 3 aromatic heterocycles. The van der Waals surface area contributed by atoms with E-state index in [2.05, 4.69) is 51.4 Å². The quantitative estimate of drug-likeness (QED) is 0.476. The van der Waals surface area contributed by atoms with Crippen LogP contribution in [0.25, 0.3) is 12.2 Å². The number of aromatic nitrogens is 3. The number of rotatable bonds is 5. The van der Waals surface area contributed by atoms with Crippen LogP contribution in [0.4, 0.5) is 17.3 Å². The van der Waals surface area contributed by atoms with Crippen molar-refractivity contribution in [3.63, 3.8) is 0 Å². The molecular weight excluding hydrogens is 332 g/mol. The monoisotopic (exact) mass is 350 g/mol. The smallest absolute Gasteiger partial charge is 0.138 e. The summed E-state index contributed by atoms with van der Waals surface area (Å²) in [7, 11) is 0. The van der Waals surface area contributed by atoms with Crippen LogP contribution in [0, 0.1) is 0 Å². The van der Waals surface area contributed by atoms with E-state index in [1.807, 2.05) is 53.4 Å². The first-order chi connectivity index (χ1) is 13.4. The summed E-state index contributed by atoms with van der Waals surface area (Å²) in [5, 5.41) is 0. The van der Waals surface area contributed by atoms with Gasteiger partial charge in [-0.1, -0.05) is 36.4 Å². The second-order valence-corrected chi connectivity index (χ2v) is 5.92. The zero-order valence-corrected chi connectivity index (χ0v) is 14.7. The standard InChI is InChI=1S/C23H18N4/c1-3-15-25-22(5-1)27(23-6-2-4-16-26-23)21-11-9-19(10-12-21)7-8-20-13-17-24-18-14-20/h1-18H. The van der Waals surface area contributed by atoms with Crippen LogP contribution in [0.2, 0.25) is 0 Å². The SMILES string of the molecule is C(=Cc1ccc(N(c2ccccn2)c2ccccn2)cc1)c1ccncc1. The van der Waals surface area contributed by atoms with Crippen molar-refractivity contribution in [1.82, 2.24) is 15.0 Å². The Kier molecular flexibility index (Phi) is 4.97. The van der Waals surface area contributed by atoms with Gasteiger partial charge in [-0.05, 0) is 59.7 Å². The first-order valence-electron chi connectivity index (χ1n) is 8.70. The molecule has 0 unspecified atom stereocenters. The van der Waals surface area contributed by atoms with Crippen LogP contribution >= 0.6 is 0 Å². The molecule has 0 aliphatic carbocycles. The Morgan fingerprint density at radius 3 is 1.63 bits per heavy atom. The molecule has 4 heteroatoms. The van der Waals surface area contributed by atoms with E-state index in [0.717, 1.165) is 28.5 Å². The van der Waals surface area contributed by atoms with Gasteiger partial charge in [0.1, 0.15) is 11.6 Å². The van der Waals surface area contributed by atoms with Gasteiger partial charge in [-0.15, -0.1) is 0 Å². The van der Waals surface area contributed by atoms with Gasteiger partial charge in [-0.25, -0.2) is 9.97 Å². The number of hydrogen-bond acceptors (Lipinski definition) is 4. The fourth-order valence-corrected chi connectivity index (χ4v) is 2.76.